The second-order valence-corrected chi connectivity index (χ2v) is 7.57. The van der Waals surface area contributed by atoms with Gasteiger partial charge < -0.3 is 24.8 Å². The lowest BCUT2D eigenvalue weighted by Crippen LogP contribution is -2.42. The van der Waals surface area contributed by atoms with Gasteiger partial charge in [0.05, 0.1) is 12.7 Å². The highest BCUT2D eigenvalue weighted by molar-refractivity contribution is 5.96. The number of nitrogens with one attached hydrogen (secondary N) is 1. The third-order valence-electron chi connectivity index (χ3n) is 5.34. The first-order valence-electron chi connectivity index (χ1n) is 10.2. The number of β-amino-alcohol motifs (C(OH)–C–C–N with tert-alkyl or cyclic N) is 1. The van der Waals surface area contributed by atoms with Crippen LogP contribution in [0.15, 0.2) is 48.5 Å². The number of piperidine rings is 1. The topological polar surface area (TPSA) is 71.0 Å². The summed E-state index contributed by atoms with van der Waals surface area (Å²) in [5.41, 5.74) is 0.543. The van der Waals surface area contributed by atoms with E-state index in [4.69, 9.17) is 9.47 Å². The summed E-state index contributed by atoms with van der Waals surface area (Å²) in [4.78, 5) is 14.6. The van der Waals surface area contributed by atoms with E-state index in [-0.39, 0.29) is 18.3 Å². The van der Waals surface area contributed by atoms with E-state index < -0.39 is 6.10 Å². The molecular weight excluding hydrogens is 387 g/mol. The number of amides is 1. The highest BCUT2D eigenvalue weighted by atomic mass is 19.1. The zero-order valence-electron chi connectivity index (χ0n) is 17.2. The number of nitrogens with zero attached hydrogens (tertiary/aromatic N) is 1. The van der Waals surface area contributed by atoms with Crippen molar-refractivity contribution in [1.29, 1.82) is 0 Å². The number of likely N-dealkylation sites (tertiary alicyclic amines) is 1. The van der Waals surface area contributed by atoms with Crippen LogP contribution in [0.1, 0.15) is 23.2 Å². The van der Waals surface area contributed by atoms with Crippen LogP contribution in [0.4, 0.5) is 4.39 Å². The predicted octanol–water partition coefficient (Wildman–Crippen LogP) is 2.72. The van der Waals surface area contributed by atoms with Crippen molar-refractivity contribution >= 4 is 5.91 Å². The van der Waals surface area contributed by atoms with Crippen LogP contribution in [-0.2, 0) is 0 Å². The summed E-state index contributed by atoms with van der Waals surface area (Å²) < 4.78 is 23.7. The molecule has 0 aliphatic carbocycles. The Labute approximate surface area is 176 Å². The number of benzene rings is 2. The van der Waals surface area contributed by atoms with Gasteiger partial charge in [-0.3, -0.25) is 4.79 Å². The fourth-order valence-electron chi connectivity index (χ4n) is 3.61. The number of aliphatic hydroxyl groups is 1. The third kappa shape index (κ3) is 6.43. The molecule has 3 rings (SSSR count). The van der Waals surface area contributed by atoms with Crippen LogP contribution in [0.3, 0.4) is 0 Å². The number of methoxy groups -OCH3 is 1. The second kappa shape index (κ2) is 10.9. The summed E-state index contributed by atoms with van der Waals surface area (Å²) in [7, 11) is 1.56. The molecule has 2 aromatic carbocycles. The van der Waals surface area contributed by atoms with Gasteiger partial charge in [0.1, 0.15) is 30.0 Å². The summed E-state index contributed by atoms with van der Waals surface area (Å²) in [6.07, 6.45) is 1.30. The van der Waals surface area contributed by atoms with Crippen LogP contribution in [0.5, 0.6) is 11.5 Å². The standard InChI is InChI=1S/C23H29FN2O4/c1-29-22-5-3-2-4-21(22)23(28)25-14-17-10-12-26(13-11-17)15-19(27)16-30-20-8-6-18(24)7-9-20/h2-9,17,19,27H,10-16H2,1H3,(H,25,28). The van der Waals surface area contributed by atoms with Crippen molar-refractivity contribution < 1.29 is 23.8 Å². The van der Waals surface area contributed by atoms with E-state index in [0.29, 0.717) is 36.1 Å². The molecule has 1 unspecified atom stereocenters. The minimum Gasteiger partial charge on any atom is -0.496 e. The summed E-state index contributed by atoms with van der Waals surface area (Å²) in [6.45, 7) is 3.05. The monoisotopic (exact) mass is 416 g/mol. The molecule has 2 aromatic rings. The average Bonchev–Trinajstić information content (AvgIpc) is 2.78. The quantitative estimate of drug-likeness (QED) is 0.658. The van der Waals surface area contributed by atoms with E-state index in [0.717, 1.165) is 25.9 Å². The Hall–Kier alpha value is -2.64. The number of carbonyl (C=O) groups is 1. The fourth-order valence-corrected chi connectivity index (χ4v) is 3.61. The van der Waals surface area contributed by atoms with Crippen LogP contribution in [-0.4, -0.2) is 61.9 Å². The van der Waals surface area contributed by atoms with Gasteiger partial charge in [-0.2, -0.15) is 0 Å². The molecule has 1 saturated heterocycles. The maximum atomic E-state index is 12.9. The third-order valence-corrected chi connectivity index (χ3v) is 5.34. The lowest BCUT2D eigenvalue weighted by Gasteiger charge is -2.33. The minimum atomic E-state index is -0.614. The van der Waals surface area contributed by atoms with Crippen LogP contribution in [0.25, 0.3) is 0 Å². The average molecular weight is 416 g/mol. The smallest absolute Gasteiger partial charge is 0.255 e. The molecule has 0 radical (unpaired) electrons. The molecule has 30 heavy (non-hydrogen) atoms. The summed E-state index contributed by atoms with van der Waals surface area (Å²) in [5, 5.41) is 13.2. The fraction of sp³-hybridized carbons (Fsp3) is 0.435. The molecule has 0 saturated carbocycles. The van der Waals surface area contributed by atoms with Crippen LogP contribution in [0.2, 0.25) is 0 Å². The molecule has 0 aromatic heterocycles. The summed E-state index contributed by atoms with van der Waals surface area (Å²) in [6, 6.07) is 13.0. The number of hydrogen-bond acceptors (Lipinski definition) is 5. The molecule has 1 aliphatic rings. The number of ether oxygens (including phenoxy) is 2. The van der Waals surface area contributed by atoms with E-state index in [1.807, 2.05) is 12.1 Å². The first kappa shape index (κ1) is 22.1. The molecule has 0 spiro atoms. The maximum Gasteiger partial charge on any atom is 0.255 e. The highest BCUT2D eigenvalue weighted by Crippen LogP contribution is 2.19. The number of para-hydroxylation sites is 1. The van der Waals surface area contributed by atoms with Gasteiger partial charge in [-0.15, -0.1) is 0 Å². The van der Waals surface area contributed by atoms with Crippen molar-refractivity contribution in [3.63, 3.8) is 0 Å². The van der Waals surface area contributed by atoms with Crippen LogP contribution in [0, 0.1) is 11.7 Å². The Morgan fingerprint density at radius 1 is 1.20 bits per heavy atom. The summed E-state index contributed by atoms with van der Waals surface area (Å²) >= 11 is 0. The SMILES string of the molecule is COc1ccccc1C(=O)NCC1CCN(CC(O)COc2ccc(F)cc2)CC1. The molecular formula is C23H29FN2O4. The van der Waals surface area contributed by atoms with Gasteiger partial charge in [-0.25, -0.2) is 4.39 Å². The molecule has 162 valence electrons. The second-order valence-electron chi connectivity index (χ2n) is 7.57. The van der Waals surface area contributed by atoms with E-state index >= 15 is 0 Å². The van der Waals surface area contributed by atoms with Crippen molar-refractivity contribution in [2.75, 3.05) is 39.9 Å². The van der Waals surface area contributed by atoms with Gasteiger partial charge in [0.2, 0.25) is 0 Å². The van der Waals surface area contributed by atoms with Crippen LogP contribution >= 0.6 is 0 Å². The normalized spacial score (nSPS) is 16.1. The van der Waals surface area contributed by atoms with Crippen molar-refractivity contribution in [3.05, 3.63) is 59.9 Å². The van der Waals surface area contributed by atoms with Crippen molar-refractivity contribution in [2.45, 2.75) is 18.9 Å². The van der Waals surface area contributed by atoms with Crippen molar-refractivity contribution in [3.8, 4) is 11.5 Å². The largest absolute Gasteiger partial charge is 0.496 e. The number of hydrogen-bond donors (Lipinski definition) is 2. The number of halogens is 1. The summed E-state index contributed by atoms with van der Waals surface area (Å²) in [5.74, 6) is 1.09. The highest BCUT2D eigenvalue weighted by Gasteiger charge is 2.22. The van der Waals surface area contributed by atoms with Gasteiger partial charge in [0.15, 0.2) is 0 Å². The molecule has 0 bridgehead atoms. The molecule has 2 N–H and O–H groups in total. The lowest BCUT2D eigenvalue weighted by molar-refractivity contribution is 0.0548. The number of carbonyl (C=O) groups excluding carboxylic acids is 1. The lowest BCUT2D eigenvalue weighted by atomic mass is 9.96. The van der Waals surface area contributed by atoms with Gasteiger partial charge >= 0.3 is 0 Å². The van der Waals surface area contributed by atoms with E-state index in [1.54, 1.807) is 31.4 Å². The Morgan fingerprint density at radius 2 is 1.90 bits per heavy atom. The van der Waals surface area contributed by atoms with Crippen molar-refractivity contribution in [2.24, 2.45) is 5.92 Å². The van der Waals surface area contributed by atoms with Crippen molar-refractivity contribution in [1.82, 2.24) is 10.2 Å². The minimum absolute atomic E-state index is 0.122. The maximum absolute atomic E-state index is 12.9. The Morgan fingerprint density at radius 3 is 2.60 bits per heavy atom. The Kier molecular flexibility index (Phi) is 8.04. The van der Waals surface area contributed by atoms with Crippen LogP contribution < -0.4 is 14.8 Å². The molecule has 1 amide bonds. The van der Waals surface area contributed by atoms with Gasteiger partial charge in [0, 0.05) is 13.1 Å². The van der Waals surface area contributed by atoms with Gasteiger partial charge in [0.25, 0.3) is 5.91 Å². The zero-order chi connectivity index (χ0) is 21.3. The molecule has 6 nitrogen and oxygen atoms in total. The van der Waals surface area contributed by atoms with E-state index in [9.17, 15) is 14.3 Å². The van der Waals surface area contributed by atoms with E-state index in [1.165, 1.54) is 12.1 Å². The first-order valence-corrected chi connectivity index (χ1v) is 10.2. The zero-order valence-corrected chi connectivity index (χ0v) is 17.2. The molecule has 1 atom stereocenters. The Balaban J connectivity index is 1.35. The molecule has 7 heteroatoms. The van der Waals surface area contributed by atoms with E-state index in [2.05, 4.69) is 10.2 Å². The molecule has 1 aliphatic heterocycles. The first-order chi connectivity index (χ1) is 14.5. The Bertz CT molecular complexity index is 807. The number of rotatable bonds is 9. The predicted molar refractivity (Wildman–Crippen MR) is 112 cm³/mol. The van der Waals surface area contributed by atoms with Gasteiger partial charge in [-0.05, 0) is 68.2 Å². The number of aliphatic hydroxyl groups excluding tert-OH is 1. The molecule has 1 fully saturated rings. The molecule has 1 heterocycles. The van der Waals surface area contributed by atoms with Gasteiger partial charge in [-0.1, -0.05) is 12.1 Å².